The Hall–Kier alpha value is -1.68. The zero-order valence-electron chi connectivity index (χ0n) is 12.3. The van der Waals surface area contributed by atoms with Crippen LogP contribution in [0.4, 0.5) is 0 Å². The Bertz CT molecular complexity index is 531. The molecule has 0 saturated heterocycles. The molecule has 1 N–H and O–H groups in total. The number of rotatable bonds is 7. The SMILES string of the molecule is CCCCn1nnc(CO)c1CCc1ccc(C)cc1. The molecule has 20 heavy (non-hydrogen) atoms. The van der Waals surface area contributed by atoms with Crippen molar-refractivity contribution in [1.82, 2.24) is 15.0 Å². The number of aryl methyl sites for hydroxylation is 3. The highest BCUT2D eigenvalue weighted by molar-refractivity contribution is 5.22. The Morgan fingerprint density at radius 3 is 2.55 bits per heavy atom. The van der Waals surface area contributed by atoms with E-state index in [1.165, 1.54) is 11.1 Å². The number of unbranched alkanes of at least 4 members (excludes halogenated alkanes) is 1. The van der Waals surface area contributed by atoms with Crippen molar-refractivity contribution in [2.75, 3.05) is 0 Å². The summed E-state index contributed by atoms with van der Waals surface area (Å²) in [5.41, 5.74) is 4.37. The van der Waals surface area contributed by atoms with Crippen LogP contribution in [0.5, 0.6) is 0 Å². The minimum atomic E-state index is -0.0324. The molecule has 4 nitrogen and oxygen atoms in total. The predicted octanol–water partition coefficient (Wildman–Crippen LogP) is 2.66. The first-order valence-corrected chi connectivity index (χ1v) is 7.32. The Morgan fingerprint density at radius 2 is 1.90 bits per heavy atom. The zero-order chi connectivity index (χ0) is 14.4. The summed E-state index contributed by atoms with van der Waals surface area (Å²) in [7, 11) is 0. The first-order valence-electron chi connectivity index (χ1n) is 7.32. The maximum Gasteiger partial charge on any atom is 0.111 e. The molecule has 0 radical (unpaired) electrons. The standard InChI is InChI=1S/C16H23N3O/c1-3-4-11-19-16(15(12-20)17-18-19)10-9-14-7-5-13(2)6-8-14/h5-8,20H,3-4,9-12H2,1-2H3. The minimum Gasteiger partial charge on any atom is -0.390 e. The van der Waals surface area contributed by atoms with E-state index in [-0.39, 0.29) is 6.61 Å². The molecule has 1 aromatic carbocycles. The van der Waals surface area contributed by atoms with Gasteiger partial charge in [-0.15, -0.1) is 5.10 Å². The molecular weight excluding hydrogens is 250 g/mol. The van der Waals surface area contributed by atoms with Crippen LogP contribution in [0.3, 0.4) is 0 Å². The van der Waals surface area contributed by atoms with Gasteiger partial charge in [0.2, 0.25) is 0 Å². The predicted molar refractivity (Wildman–Crippen MR) is 79.4 cm³/mol. The fourth-order valence-corrected chi connectivity index (χ4v) is 2.27. The van der Waals surface area contributed by atoms with Crippen LogP contribution in [-0.2, 0) is 26.0 Å². The van der Waals surface area contributed by atoms with Crippen molar-refractivity contribution in [3.63, 3.8) is 0 Å². The molecule has 2 rings (SSSR count). The van der Waals surface area contributed by atoms with Crippen LogP contribution in [0.25, 0.3) is 0 Å². The highest BCUT2D eigenvalue weighted by atomic mass is 16.3. The van der Waals surface area contributed by atoms with E-state index < -0.39 is 0 Å². The smallest absolute Gasteiger partial charge is 0.111 e. The van der Waals surface area contributed by atoms with Crippen molar-refractivity contribution in [3.8, 4) is 0 Å². The molecule has 0 aliphatic carbocycles. The van der Waals surface area contributed by atoms with Gasteiger partial charge in [-0.2, -0.15) is 0 Å². The largest absolute Gasteiger partial charge is 0.390 e. The van der Waals surface area contributed by atoms with Crippen LogP contribution in [0.1, 0.15) is 42.3 Å². The van der Waals surface area contributed by atoms with Crippen LogP contribution >= 0.6 is 0 Å². The summed E-state index contributed by atoms with van der Waals surface area (Å²) in [6.07, 6.45) is 4.04. The van der Waals surface area contributed by atoms with Gasteiger partial charge in [-0.05, 0) is 31.7 Å². The fourth-order valence-electron chi connectivity index (χ4n) is 2.27. The average Bonchev–Trinajstić information content (AvgIpc) is 2.86. The number of nitrogens with zero attached hydrogens (tertiary/aromatic N) is 3. The lowest BCUT2D eigenvalue weighted by Gasteiger charge is -2.07. The van der Waals surface area contributed by atoms with E-state index in [2.05, 4.69) is 48.4 Å². The fraction of sp³-hybridized carbons (Fsp3) is 0.500. The summed E-state index contributed by atoms with van der Waals surface area (Å²) in [4.78, 5) is 0. The lowest BCUT2D eigenvalue weighted by molar-refractivity contribution is 0.275. The Labute approximate surface area is 120 Å². The third kappa shape index (κ3) is 3.67. The Morgan fingerprint density at radius 1 is 1.15 bits per heavy atom. The molecule has 1 aromatic heterocycles. The number of hydrogen-bond donors (Lipinski definition) is 1. The third-order valence-corrected chi connectivity index (χ3v) is 3.56. The summed E-state index contributed by atoms with van der Waals surface area (Å²) in [6, 6.07) is 8.59. The molecule has 0 aliphatic rings. The lowest BCUT2D eigenvalue weighted by Crippen LogP contribution is -2.08. The molecule has 0 fully saturated rings. The van der Waals surface area contributed by atoms with Crippen LogP contribution in [0.15, 0.2) is 24.3 Å². The maximum absolute atomic E-state index is 9.37. The monoisotopic (exact) mass is 273 g/mol. The molecule has 0 aliphatic heterocycles. The summed E-state index contributed by atoms with van der Waals surface area (Å²) < 4.78 is 1.95. The number of aromatic nitrogens is 3. The van der Waals surface area contributed by atoms with E-state index >= 15 is 0 Å². The van der Waals surface area contributed by atoms with Crippen LogP contribution < -0.4 is 0 Å². The molecule has 4 heteroatoms. The van der Waals surface area contributed by atoms with E-state index in [1.807, 2.05) is 4.68 Å². The molecule has 108 valence electrons. The highest BCUT2D eigenvalue weighted by Crippen LogP contribution is 2.12. The van der Waals surface area contributed by atoms with Crippen LogP contribution in [0.2, 0.25) is 0 Å². The molecule has 0 atom stereocenters. The van der Waals surface area contributed by atoms with Gasteiger partial charge in [0.15, 0.2) is 0 Å². The lowest BCUT2D eigenvalue weighted by atomic mass is 10.1. The van der Waals surface area contributed by atoms with Crippen molar-refractivity contribution in [2.45, 2.75) is 52.7 Å². The molecule has 1 heterocycles. The molecule has 0 amide bonds. The van der Waals surface area contributed by atoms with Gasteiger partial charge in [0, 0.05) is 6.54 Å². The van der Waals surface area contributed by atoms with Crippen LogP contribution in [-0.4, -0.2) is 20.1 Å². The molecule has 0 spiro atoms. The van der Waals surface area contributed by atoms with Gasteiger partial charge < -0.3 is 5.11 Å². The van der Waals surface area contributed by atoms with E-state index in [1.54, 1.807) is 0 Å². The maximum atomic E-state index is 9.37. The number of aliphatic hydroxyl groups excluding tert-OH is 1. The average molecular weight is 273 g/mol. The second-order valence-electron chi connectivity index (χ2n) is 5.20. The van der Waals surface area contributed by atoms with Crippen molar-refractivity contribution in [3.05, 3.63) is 46.8 Å². The number of benzene rings is 1. The molecule has 0 bridgehead atoms. The molecular formula is C16H23N3O. The van der Waals surface area contributed by atoms with Gasteiger partial charge in [0.1, 0.15) is 5.69 Å². The van der Waals surface area contributed by atoms with Crippen molar-refractivity contribution in [2.24, 2.45) is 0 Å². The van der Waals surface area contributed by atoms with Gasteiger partial charge >= 0.3 is 0 Å². The van der Waals surface area contributed by atoms with Crippen molar-refractivity contribution >= 4 is 0 Å². The number of aliphatic hydroxyl groups is 1. The Balaban J connectivity index is 2.06. The van der Waals surface area contributed by atoms with Gasteiger partial charge in [0.05, 0.1) is 12.3 Å². The van der Waals surface area contributed by atoms with Gasteiger partial charge in [0.25, 0.3) is 0 Å². The normalized spacial score (nSPS) is 10.9. The zero-order valence-corrected chi connectivity index (χ0v) is 12.3. The first-order chi connectivity index (χ1) is 9.74. The molecule has 2 aromatic rings. The summed E-state index contributed by atoms with van der Waals surface area (Å²) in [5.74, 6) is 0. The van der Waals surface area contributed by atoms with Gasteiger partial charge in [-0.25, -0.2) is 4.68 Å². The van der Waals surface area contributed by atoms with E-state index in [0.29, 0.717) is 5.69 Å². The van der Waals surface area contributed by atoms with E-state index in [9.17, 15) is 5.11 Å². The molecule has 0 saturated carbocycles. The summed E-state index contributed by atoms with van der Waals surface area (Å²) >= 11 is 0. The minimum absolute atomic E-state index is 0.0324. The number of hydrogen-bond acceptors (Lipinski definition) is 3. The van der Waals surface area contributed by atoms with Crippen LogP contribution in [0, 0.1) is 6.92 Å². The Kier molecular flexibility index (Phi) is 5.30. The highest BCUT2D eigenvalue weighted by Gasteiger charge is 2.11. The second-order valence-corrected chi connectivity index (χ2v) is 5.20. The second kappa shape index (κ2) is 7.20. The third-order valence-electron chi connectivity index (χ3n) is 3.56. The van der Waals surface area contributed by atoms with E-state index in [0.717, 1.165) is 37.9 Å². The first kappa shape index (κ1) is 14.7. The van der Waals surface area contributed by atoms with Gasteiger partial charge in [-0.3, -0.25) is 0 Å². The summed E-state index contributed by atoms with van der Waals surface area (Å²) in [6.45, 7) is 5.11. The van der Waals surface area contributed by atoms with E-state index in [4.69, 9.17) is 0 Å². The topological polar surface area (TPSA) is 50.9 Å². The molecule has 0 unspecified atom stereocenters. The van der Waals surface area contributed by atoms with Crippen molar-refractivity contribution in [1.29, 1.82) is 0 Å². The quantitative estimate of drug-likeness (QED) is 0.843. The summed E-state index contributed by atoms with van der Waals surface area (Å²) in [5, 5.41) is 17.6. The van der Waals surface area contributed by atoms with Gasteiger partial charge in [-0.1, -0.05) is 48.4 Å². The van der Waals surface area contributed by atoms with Crippen molar-refractivity contribution < 1.29 is 5.11 Å².